The number of alkyl halides is 2. The molecule has 2 rings (SSSR count). The fourth-order valence-corrected chi connectivity index (χ4v) is 1.13. The third-order valence-electron chi connectivity index (χ3n) is 1.75. The first-order valence-electron chi connectivity index (χ1n) is 3.78. The summed E-state index contributed by atoms with van der Waals surface area (Å²) < 4.78 is 25.9. The van der Waals surface area contributed by atoms with Crippen molar-refractivity contribution >= 4 is 5.65 Å². The maximum Gasteiger partial charge on any atom is 0.282 e. The number of nitrogens with zero attached hydrogens (tertiary/aromatic N) is 3. The SMILES string of the molecule is Cc1ccc2ncc(C(F)F)n2n1. The topological polar surface area (TPSA) is 30.2 Å². The summed E-state index contributed by atoms with van der Waals surface area (Å²) in [5.74, 6) is 0. The van der Waals surface area contributed by atoms with Gasteiger partial charge in [-0.2, -0.15) is 5.10 Å². The van der Waals surface area contributed by atoms with Gasteiger partial charge in [-0.1, -0.05) is 0 Å². The van der Waals surface area contributed by atoms with Crippen molar-refractivity contribution in [3.05, 3.63) is 29.7 Å². The normalized spacial score (nSPS) is 11.4. The van der Waals surface area contributed by atoms with E-state index in [0.29, 0.717) is 11.3 Å². The van der Waals surface area contributed by atoms with Crippen molar-refractivity contribution in [2.45, 2.75) is 13.3 Å². The van der Waals surface area contributed by atoms with E-state index in [1.165, 1.54) is 4.52 Å². The Morgan fingerprint density at radius 3 is 2.85 bits per heavy atom. The van der Waals surface area contributed by atoms with E-state index in [1.54, 1.807) is 19.1 Å². The lowest BCUT2D eigenvalue weighted by molar-refractivity contribution is 0.143. The zero-order chi connectivity index (χ0) is 9.42. The lowest BCUT2D eigenvalue weighted by Gasteiger charge is -1.99. The third kappa shape index (κ3) is 1.26. The molecule has 2 aromatic heterocycles. The number of aromatic nitrogens is 3. The molecule has 0 saturated heterocycles. The monoisotopic (exact) mass is 183 g/mol. The number of rotatable bonds is 1. The van der Waals surface area contributed by atoms with Crippen LogP contribution in [0.1, 0.15) is 17.8 Å². The minimum absolute atomic E-state index is 0.168. The standard InChI is InChI=1S/C8H7F2N3/c1-5-2-3-7-11-4-6(8(9)10)13(7)12-5/h2-4,8H,1H3. The Kier molecular flexibility index (Phi) is 1.72. The molecule has 0 aliphatic carbocycles. The Balaban J connectivity index is 2.71. The number of halogens is 2. The molecule has 0 atom stereocenters. The minimum atomic E-state index is -2.54. The number of aryl methyl sites for hydroxylation is 1. The van der Waals surface area contributed by atoms with Crippen LogP contribution in [0.5, 0.6) is 0 Å². The number of hydrogen-bond donors (Lipinski definition) is 0. The van der Waals surface area contributed by atoms with E-state index < -0.39 is 6.43 Å². The maximum absolute atomic E-state index is 12.4. The van der Waals surface area contributed by atoms with Gasteiger partial charge < -0.3 is 0 Å². The quantitative estimate of drug-likeness (QED) is 0.676. The van der Waals surface area contributed by atoms with E-state index in [1.807, 2.05) is 0 Å². The first-order chi connectivity index (χ1) is 6.18. The van der Waals surface area contributed by atoms with Gasteiger partial charge in [0.1, 0.15) is 5.69 Å². The van der Waals surface area contributed by atoms with E-state index >= 15 is 0 Å². The molecule has 0 aliphatic heterocycles. The molecular formula is C8H7F2N3. The van der Waals surface area contributed by atoms with Crippen LogP contribution in [-0.2, 0) is 0 Å². The van der Waals surface area contributed by atoms with E-state index in [2.05, 4.69) is 10.1 Å². The van der Waals surface area contributed by atoms with Crippen LogP contribution >= 0.6 is 0 Å². The Labute approximate surface area is 73.0 Å². The summed E-state index contributed by atoms with van der Waals surface area (Å²) in [6.07, 6.45) is -1.39. The molecule has 68 valence electrons. The fourth-order valence-electron chi connectivity index (χ4n) is 1.13. The summed E-state index contributed by atoms with van der Waals surface area (Å²) in [7, 11) is 0. The van der Waals surface area contributed by atoms with Gasteiger partial charge >= 0.3 is 0 Å². The number of imidazole rings is 1. The van der Waals surface area contributed by atoms with E-state index in [0.717, 1.165) is 6.20 Å². The van der Waals surface area contributed by atoms with Crippen molar-refractivity contribution in [3.8, 4) is 0 Å². The van der Waals surface area contributed by atoms with Crippen LogP contribution in [0.15, 0.2) is 18.3 Å². The highest BCUT2D eigenvalue weighted by molar-refractivity contribution is 5.38. The molecule has 2 heterocycles. The highest BCUT2D eigenvalue weighted by atomic mass is 19.3. The molecule has 0 spiro atoms. The van der Waals surface area contributed by atoms with Crippen LogP contribution in [-0.4, -0.2) is 14.6 Å². The van der Waals surface area contributed by atoms with E-state index in [-0.39, 0.29) is 5.69 Å². The summed E-state index contributed by atoms with van der Waals surface area (Å²) in [5.41, 5.74) is 0.965. The van der Waals surface area contributed by atoms with Crippen molar-refractivity contribution in [1.29, 1.82) is 0 Å². The van der Waals surface area contributed by atoms with Crippen molar-refractivity contribution < 1.29 is 8.78 Å². The van der Waals surface area contributed by atoms with Gasteiger partial charge in [-0.25, -0.2) is 18.3 Å². The van der Waals surface area contributed by atoms with Gasteiger partial charge in [-0.05, 0) is 19.1 Å². The molecular weight excluding hydrogens is 176 g/mol. The average Bonchev–Trinajstić information content (AvgIpc) is 2.46. The smallest absolute Gasteiger partial charge is 0.235 e. The van der Waals surface area contributed by atoms with Gasteiger partial charge in [-0.3, -0.25) is 0 Å². The lowest BCUT2D eigenvalue weighted by Crippen LogP contribution is -1.98. The van der Waals surface area contributed by atoms with Crippen molar-refractivity contribution in [1.82, 2.24) is 14.6 Å². The minimum Gasteiger partial charge on any atom is -0.235 e. The molecule has 0 N–H and O–H groups in total. The largest absolute Gasteiger partial charge is 0.282 e. The molecule has 0 aromatic carbocycles. The lowest BCUT2D eigenvalue weighted by atomic mass is 10.4. The Bertz CT molecular complexity index is 436. The highest BCUT2D eigenvalue weighted by Crippen LogP contribution is 2.18. The van der Waals surface area contributed by atoms with Crippen LogP contribution in [0.4, 0.5) is 8.78 Å². The molecule has 0 aliphatic rings. The van der Waals surface area contributed by atoms with Crippen LogP contribution in [0.25, 0.3) is 5.65 Å². The summed E-state index contributed by atoms with van der Waals surface area (Å²) in [4.78, 5) is 3.80. The van der Waals surface area contributed by atoms with Crippen molar-refractivity contribution in [2.75, 3.05) is 0 Å². The van der Waals surface area contributed by atoms with Gasteiger partial charge in [0.15, 0.2) is 5.65 Å². The summed E-state index contributed by atoms with van der Waals surface area (Å²) >= 11 is 0. The number of fused-ring (bicyclic) bond motifs is 1. The van der Waals surface area contributed by atoms with Gasteiger partial charge in [-0.15, -0.1) is 0 Å². The van der Waals surface area contributed by atoms with Crippen molar-refractivity contribution in [2.24, 2.45) is 0 Å². The summed E-state index contributed by atoms with van der Waals surface area (Å²) in [5, 5.41) is 3.93. The zero-order valence-electron chi connectivity index (χ0n) is 6.91. The van der Waals surface area contributed by atoms with E-state index in [4.69, 9.17) is 0 Å². The zero-order valence-corrected chi connectivity index (χ0v) is 6.91. The summed E-state index contributed by atoms with van der Waals surface area (Å²) in [6.45, 7) is 1.74. The highest BCUT2D eigenvalue weighted by Gasteiger charge is 2.13. The van der Waals surface area contributed by atoms with Gasteiger partial charge in [0, 0.05) is 0 Å². The molecule has 13 heavy (non-hydrogen) atoms. The molecule has 0 radical (unpaired) electrons. The average molecular weight is 183 g/mol. The molecule has 0 bridgehead atoms. The van der Waals surface area contributed by atoms with Crippen LogP contribution in [0.3, 0.4) is 0 Å². The molecule has 3 nitrogen and oxygen atoms in total. The van der Waals surface area contributed by atoms with Crippen LogP contribution in [0.2, 0.25) is 0 Å². The van der Waals surface area contributed by atoms with Gasteiger partial charge in [0.25, 0.3) is 6.43 Å². The first kappa shape index (κ1) is 8.10. The summed E-state index contributed by atoms with van der Waals surface area (Å²) in [6, 6.07) is 3.39. The predicted octanol–water partition coefficient (Wildman–Crippen LogP) is 1.98. The second-order valence-electron chi connectivity index (χ2n) is 2.73. The Morgan fingerprint density at radius 2 is 2.15 bits per heavy atom. The molecule has 2 aromatic rings. The fraction of sp³-hybridized carbons (Fsp3) is 0.250. The molecule has 0 unspecified atom stereocenters. The van der Waals surface area contributed by atoms with Gasteiger partial charge in [0.2, 0.25) is 0 Å². The Hall–Kier alpha value is -1.52. The second-order valence-corrected chi connectivity index (χ2v) is 2.73. The van der Waals surface area contributed by atoms with Gasteiger partial charge in [0.05, 0.1) is 11.9 Å². The molecule has 5 heteroatoms. The Morgan fingerprint density at radius 1 is 1.38 bits per heavy atom. The van der Waals surface area contributed by atoms with Crippen LogP contribution in [0, 0.1) is 6.92 Å². The third-order valence-corrected chi connectivity index (χ3v) is 1.75. The number of hydrogen-bond acceptors (Lipinski definition) is 2. The van der Waals surface area contributed by atoms with E-state index in [9.17, 15) is 8.78 Å². The molecule has 0 fully saturated rings. The first-order valence-corrected chi connectivity index (χ1v) is 3.78. The second kappa shape index (κ2) is 2.76. The molecule has 0 amide bonds. The molecule has 0 saturated carbocycles. The van der Waals surface area contributed by atoms with Crippen LogP contribution < -0.4 is 0 Å². The maximum atomic E-state index is 12.4. The predicted molar refractivity (Wildman–Crippen MR) is 42.7 cm³/mol. The van der Waals surface area contributed by atoms with Crippen molar-refractivity contribution in [3.63, 3.8) is 0 Å².